The van der Waals surface area contributed by atoms with Crippen LogP contribution in [0.15, 0.2) is 18.2 Å². The quantitative estimate of drug-likeness (QED) is 0.622. The molecule has 0 amide bonds. The van der Waals surface area contributed by atoms with E-state index >= 15 is 0 Å². The maximum atomic E-state index is 10.8. The highest BCUT2D eigenvalue weighted by molar-refractivity contribution is 6.32. The predicted molar refractivity (Wildman–Crippen MR) is 65.2 cm³/mol. The molecule has 88 valence electrons. The van der Waals surface area contributed by atoms with E-state index in [-0.39, 0.29) is 5.15 Å². The first-order chi connectivity index (χ1) is 8.19. The van der Waals surface area contributed by atoms with Gasteiger partial charge in [0.2, 0.25) is 0 Å². The summed E-state index contributed by atoms with van der Waals surface area (Å²) in [5.41, 5.74) is 1.00. The molecule has 0 fully saturated rings. The van der Waals surface area contributed by atoms with Gasteiger partial charge in [0.15, 0.2) is 17.8 Å². The van der Waals surface area contributed by atoms with E-state index in [0.29, 0.717) is 28.9 Å². The normalized spacial score (nSPS) is 10.3. The topological polar surface area (TPSA) is 48.4 Å². The molecule has 2 rings (SSSR count). The first-order valence-corrected chi connectivity index (χ1v) is 5.25. The summed E-state index contributed by atoms with van der Waals surface area (Å²) >= 11 is 5.86. The van der Waals surface area contributed by atoms with Crippen molar-refractivity contribution in [1.82, 2.24) is 4.98 Å². The van der Waals surface area contributed by atoms with Gasteiger partial charge in [-0.15, -0.1) is 0 Å². The lowest BCUT2D eigenvalue weighted by molar-refractivity contribution is 0.112. The average molecular weight is 252 g/mol. The van der Waals surface area contributed by atoms with Gasteiger partial charge in [0.25, 0.3) is 0 Å². The second-order valence-corrected chi connectivity index (χ2v) is 3.74. The van der Waals surface area contributed by atoms with Gasteiger partial charge < -0.3 is 9.47 Å². The Kier molecular flexibility index (Phi) is 3.15. The van der Waals surface area contributed by atoms with E-state index in [0.717, 1.165) is 5.39 Å². The molecule has 4 nitrogen and oxygen atoms in total. The number of hydrogen-bond acceptors (Lipinski definition) is 4. The lowest BCUT2D eigenvalue weighted by Gasteiger charge is -2.09. The van der Waals surface area contributed by atoms with Gasteiger partial charge in [0, 0.05) is 11.5 Å². The van der Waals surface area contributed by atoms with Gasteiger partial charge in [-0.1, -0.05) is 11.6 Å². The predicted octanol–water partition coefficient (Wildman–Crippen LogP) is 2.72. The van der Waals surface area contributed by atoms with E-state index in [9.17, 15) is 4.79 Å². The molecule has 0 atom stereocenters. The fourth-order valence-corrected chi connectivity index (χ4v) is 1.77. The summed E-state index contributed by atoms with van der Waals surface area (Å²) in [5, 5.41) is 0.953. The molecular formula is C12H10ClNO3. The summed E-state index contributed by atoms with van der Waals surface area (Å²) in [6.07, 6.45) is 0.672. The molecule has 5 heteroatoms. The fraction of sp³-hybridized carbons (Fsp3) is 0.167. The van der Waals surface area contributed by atoms with Crippen LogP contribution < -0.4 is 9.47 Å². The van der Waals surface area contributed by atoms with Crippen molar-refractivity contribution in [3.8, 4) is 11.5 Å². The molecule has 0 aliphatic heterocycles. The molecule has 17 heavy (non-hydrogen) atoms. The second-order valence-electron chi connectivity index (χ2n) is 3.39. The van der Waals surface area contributed by atoms with Crippen LogP contribution in [0.4, 0.5) is 0 Å². The summed E-state index contributed by atoms with van der Waals surface area (Å²) in [6.45, 7) is 0. The van der Waals surface area contributed by atoms with Crippen molar-refractivity contribution in [3.63, 3.8) is 0 Å². The van der Waals surface area contributed by atoms with Crippen molar-refractivity contribution < 1.29 is 14.3 Å². The molecule has 0 spiro atoms. The highest BCUT2D eigenvalue weighted by Crippen LogP contribution is 2.32. The number of benzene rings is 1. The summed E-state index contributed by atoms with van der Waals surface area (Å²) in [5.74, 6) is 1.16. The zero-order chi connectivity index (χ0) is 12.4. The van der Waals surface area contributed by atoms with E-state index in [1.807, 2.05) is 0 Å². The van der Waals surface area contributed by atoms with E-state index in [1.165, 1.54) is 0 Å². The van der Waals surface area contributed by atoms with Crippen LogP contribution in [0.3, 0.4) is 0 Å². The number of carbonyl (C=O) groups is 1. The van der Waals surface area contributed by atoms with Crippen molar-refractivity contribution in [1.29, 1.82) is 0 Å². The van der Waals surface area contributed by atoms with E-state index < -0.39 is 0 Å². The molecule has 1 heterocycles. The molecule has 2 aromatic rings. The minimum absolute atomic E-state index is 0.180. The minimum Gasteiger partial charge on any atom is -0.493 e. The number of nitrogens with zero attached hydrogens (tertiary/aromatic N) is 1. The summed E-state index contributed by atoms with van der Waals surface area (Å²) < 4.78 is 10.3. The van der Waals surface area contributed by atoms with E-state index in [1.54, 1.807) is 32.4 Å². The van der Waals surface area contributed by atoms with Crippen LogP contribution in [0.5, 0.6) is 11.5 Å². The number of methoxy groups -OCH3 is 2. The van der Waals surface area contributed by atoms with Crippen molar-refractivity contribution in [2.75, 3.05) is 14.2 Å². The monoisotopic (exact) mass is 251 g/mol. The van der Waals surface area contributed by atoms with Gasteiger partial charge in [-0.05, 0) is 12.1 Å². The molecule has 0 unspecified atom stereocenters. The molecule has 0 bridgehead atoms. The Hall–Kier alpha value is -1.81. The van der Waals surface area contributed by atoms with Crippen LogP contribution in [-0.4, -0.2) is 25.5 Å². The molecule has 0 aliphatic carbocycles. The van der Waals surface area contributed by atoms with Crippen LogP contribution in [0.1, 0.15) is 10.4 Å². The Morgan fingerprint density at radius 3 is 2.41 bits per heavy atom. The molecule has 0 N–H and O–H groups in total. The van der Waals surface area contributed by atoms with Crippen molar-refractivity contribution in [2.45, 2.75) is 0 Å². The standard InChI is InChI=1S/C12H10ClNO3/c1-16-10-4-7-3-8(6-15)12(13)14-9(7)5-11(10)17-2/h3-6H,1-2H3. The van der Waals surface area contributed by atoms with Gasteiger partial charge in [-0.3, -0.25) is 4.79 Å². The number of halogens is 1. The first-order valence-electron chi connectivity index (χ1n) is 4.87. The van der Waals surface area contributed by atoms with Gasteiger partial charge in [0.1, 0.15) is 5.15 Å². The Labute approximate surface area is 103 Å². The third-order valence-corrected chi connectivity index (χ3v) is 2.73. The fourth-order valence-electron chi connectivity index (χ4n) is 1.58. The van der Waals surface area contributed by atoms with Gasteiger partial charge in [-0.2, -0.15) is 0 Å². The Morgan fingerprint density at radius 1 is 1.18 bits per heavy atom. The smallest absolute Gasteiger partial charge is 0.162 e. The van der Waals surface area contributed by atoms with E-state index in [2.05, 4.69) is 4.98 Å². The third kappa shape index (κ3) is 2.03. The highest BCUT2D eigenvalue weighted by atomic mass is 35.5. The summed E-state index contributed by atoms with van der Waals surface area (Å²) in [6, 6.07) is 5.14. The Morgan fingerprint density at radius 2 is 1.82 bits per heavy atom. The second kappa shape index (κ2) is 4.59. The zero-order valence-corrected chi connectivity index (χ0v) is 10.1. The number of fused-ring (bicyclic) bond motifs is 1. The number of hydrogen-bond donors (Lipinski definition) is 0. The van der Waals surface area contributed by atoms with Gasteiger partial charge >= 0.3 is 0 Å². The number of pyridine rings is 1. The SMILES string of the molecule is COc1cc2cc(C=O)c(Cl)nc2cc1OC. The van der Waals surface area contributed by atoms with Crippen LogP contribution in [-0.2, 0) is 0 Å². The molecule has 0 saturated carbocycles. The lowest BCUT2D eigenvalue weighted by Crippen LogP contribution is -1.93. The molecule has 1 aromatic carbocycles. The number of ether oxygens (including phenoxy) is 2. The van der Waals surface area contributed by atoms with Crippen LogP contribution in [0.2, 0.25) is 5.15 Å². The number of aromatic nitrogens is 1. The Balaban J connectivity index is 2.74. The maximum absolute atomic E-state index is 10.8. The number of carbonyl (C=O) groups excluding carboxylic acids is 1. The molecule has 0 radical (unpaired) electrons. The Bertz CT molecular complexity index is 583. The number of rotatable bonds is 3. The average Bonchev–Trinajstić information content (AvgIpc) is 2.36. The van der Waals surface area contributed by atoms with Crippen molar-refractivity contribution in [3.05, 3.63) is 28.9 Å². The van der Waals surface area contributed by atoms with Crippen LogP contribution in [0, 0.1) is 0 Å². The molecule has 0 saturated heterocycles. The summed E-state index contributed by atoms with van der Waals surface area (Å²) in [4.78, 5) is 14.9. The van der Waals surface area contributed by atoms with Crippen molar-refractivity contribution >= 4 is 28.8 Å². The molecule has 1 aromatic heterocycles. The van der Waals surface area contributed by atoms with Gasteiger partial charge in [0.05, 0.1) is 25.3 Å². The molecule has 0 aliphatic rings. The van der Waals surface area contributed by atoms with Crippen LogP contribution in [0.25, 0.3) is 10.9 Å². The number of aldehydes is 1. The van der Waals surface area contributed by atoms with Crippen molar-refractivity contribution in [2.24, 2.45) is 0 Å². The lowest BCUT2D eigenvalue weighted by atomic mass is 10.1. The minimum atomic E-state index is 0.180. The van der Waals surface area contributed by atoms with E-state index in [4.69, 9.17) is 21.1 Å². The summed E-state index contributed by atoms with van der Waals surface area (Å²) in [7, 11) is 3.10. The van der Waals surface area contributed by atoms with Crippen LogP contribution >= 0.6 is 11.6 Å². The third-order valence-electron chi connectivity index (χ3n) is 2.43. The molecular weight excluding hydrogens is 242 g/mol. The first kappa shape index (κ1) is 11.7. The highest BCUT2D eigenvalue weighted by Gasteiger charge is 2.09. The van der Waals surface area contributed by atoms with Gasteiger partial charge in [-0.25, -0.2) is 4.98 Å². The maximum Gasteiger partial charge on any atom is 0.162 e. The zero-order valence-electron chi connectivity index (χ0n) is 9.36. The largest absolute Gasteiger partial charge is 0.493 e.